The normalized spacial score (nSPS) is 20.8. The SMILES string of the molecule is CC(=Nc1ncnc2c1ncn2[C@H]1C[C@H](N=CN(C)C)[C@@H](COP(OCCC#N)N(C(C)C)C(C)C)O1)N(C)C. The van der Waals surface area contributed by atoms with Crippen LogP contribution in [0.1, 0.15) is 53.7 Å². The largest absolute Gasteiger partial charge is 0.369 e. The summed E-state index contributed by atoms with van der Waals surface area (Å²) in [6.45, 7) is 11.0. The van der Waals surface area contributed by atoms with Crippen LogP contribution in [-0.2, 0) is 13.8 Å². The Morgan fingerprint density at radius 3 is 2.55 bits per heavy atom. The monoisotopic (exact) mass is 574 g/mol. The number of hydrogen-bond donors (Lipinski definition) is 0. The first-order valence-corrected chi connectivity index (χ1v) is 14.6. The summed E-state index contributed by atoms with van der Waals surface area (Å²) in [5.74, 6) is 1.32. The summed E-state index contributed by atoms with van der Waals surface area (Å²) in [5.41, 5.74) is 1.26. The average Bonchev–Trinajstić information content (AvgIpc) is 3.50. The van der Waals surface area contributed by atoms with Gasteiger partial charge in [0.1, 0.15) is 24.5 Å². The summed E-state index contributed by atoms with van der Waals surface area (Å²) in [5, 5.41) is 9.01. The van der Waals surface area contributed by atoms with Crippen LogP contribution in [0.4, 0.5) is 5.82 Å². The molecule has 0 bridgehead atoms. The fourth-order valence-electron chi connectivity index (χ4n) is 4.25. The van der Waals surface area contributed by atoms with Crippen LogP contribution in [0.15, 0.2) is 22.6 Å². The number of aromatic nitrogens is 4. The maximum absolute atomic E-state index is 9.01. The zero-order valence-electron chi connectivity index (χ0n) is 25.1. The minimum absolute atomic E-state index is 0.150. The number of nitriles is 1. The van der Waals surface area contributed by atoms with Gasteiger partial charge in [0.05, 0.1) is 44.4 Å². The molecule has 4 atom stereocenters. The van der Waals surface area contributed by atoms with E-state index in [1.807, 2.05) is 49.5 Å². The van der Waals surface area contributed by atoms with Crippen LogP contribution in [0.2, 0.25) is 0 Å². The molecule has 14 heteroatoms. The van der Waals surface area contributed by atoms with Gasteiger partial charge in [-0.25, -0.2) is 24.6 Å². The number of ether oxygens (including phenoxy) is 1. The van der Waals surface area contributed by atoms with Crippen LogP contribution in [0, 0.1) is 11.3 Å². The first-order chi connectivity index (χ1) is 19.0. The van der Waals surface area contributed by atoms with E-state index in [-0.39, 0.29) is 30.5 Å². The van der Waals surface area contributed by atoms with Gasteiger partial charge in [0.15, 0.2) is 17.0 Å². The molecule has 2 aromatic heterocycles. The van der Waals surface area contributed by atoms with E-state index in [1.165, 1.54) is 6.33 Å². The smallest absolute Gasteiger partial charge is 0.259 e. The van der Waals surface area contributed by atoms with Gasteiger partial charge in [0.25, 0.3) is 8.53 Å². The van der Waals surface area contributed by atoms with Crippen LogP contribution in [0.5, 0.6) is 0 Å². The van der Waals surface area contributed by atoms with E-state index in [0.717, 1.165) is 5.84 Å². The Labute approximate surface area is 238 Å². The number of imidazole rings is 1. The minimum atomic E-state index is -1.40. The molecule has 1 aliphatic heterocycles. The molecule has 1 fully saturated rings. The molecule has 0 amide bonds. The van der Waals surface area contributed by atoms with Gasteiger partial charge in [-0.3, -0.25) is 9.56 Å². The highest BCUT2D eigenvalue weighted by molar-refractivity contribution is 7.44. The summed E-state index contributed by atoms with van der Waals surface area (Å²) in [6, 6.07) is 2.40. The molecule has 220 valence electrons. The van der Waals surface area contributed by atoms with Gasteiger partial charge in [-0.05, 0) is 34.6 Å². The lowest BCUT2D eigenvalue weighted by atomic mass is 10.1. The van der Waals surface area contributed by atoms with Gasteiger partial charge in [-0.1, -0.05) is 0 Å². The molecular formula is C26H43N10O3P. The fraction of sp³-hybridized carbons (Fsp3) is 0.692. The molecule has 0 aromatic carbocycles. The Bertz CT molecular complexity index is 1190. The number of fused-ring (bicyclic) bond motifs is 1. The van der Waals surface area contributed by atoms with Crippen LogP contribution in [0.25, 0.3) is 11.2 Å². The molecule has 0 N–H and O–H groups in total. The van der Waals surface area contributed by atoms with Crippen LogP contribution in [-0.4, -0.2) is 112 Å². The predicted molar refractivity (Wildman–Crippen MR) is 157 cm³/mol. The van der Waals surface area contributed by atoms with Crippen molar-refractivity contribution < 1.29 is 13.8 Å². The second kappa shape index (κ2) is 14.8. The second-order valence-corrected chi connectivity index (χ2v) is 12.0. The van der Waals surface area contributed by atoms with Crippen molar-refractivity contribution in [3.63, 3.8) is 0 Å². The lowest BCUT2D eigenvalue weighted by Crippen LogP contribution is -2.35. The van der Waals surface area contributed by atoms with Gasteiger partial charge in [-0.15, -0.1) is 0 Å². The van der Waals surface area contributed by atoms with Gasteiger partial charge in [0.2, 0.25) is 0 Å². The summed E-state index contributed by atoms with van der Waals surface area (Å²) < 4.78 is 23.1. The highest BCUT2D eigenvalue weighted by Gasteiger charge is 2.39. The number of amidine groups is 1. The van der Waals surface area contributed by atoms with E-state index in [4.69, 9.17) is 24.0 Å². The van der Waals surface area contributed by atoms with E-state index in [2.05, 4.69) is 58.4 Å². The summed E-state index contributed by atoms with van der Waals surface area (Å²) in [7, 11) is 6.34. The molecule has 0 saturated carbocycles. The zero-order chi connectivity index (χ0) is 29.4. The molecule has 2 aromatic rings. The van der Waals surface area contributed by atoms with Crippen molar-refractivity contribution in [2.24, 2.45) is 9.98 Å². The van der Waals surface area contributed by atoms with Crippen molar-refractivity contribution in [1.29, 1.82) is 5.26 Å². The molecule has 40 heavy (non-hydrogen) atoms. The van der Waals surface area contributed by atoms with Crippen molar-refractivity contribution in [1.82, 2.24) is 34.0 Å². The van der Waals surface area contributed by atoms with Crippen LogP contribution in [0.3, 0.4) is 0 Å². The molecule has 3 rings (SSSR count). The van der Waals surface area contributed by atoms with Crippen molar-refractivity contribution >= 4 is 37.7 Å². The minimum Gasteiger partial charge on any atom is -0.369 e. The number of hydrogen-bond acceptors (Lipinski definition) is 10. The maximum Gasteiger partial charge on any atom is 0.259 e. The highest BCUT2D eigenvalue weighted by Crippen LogP contribution is 2.47. The molecule has 1 aliphatic rings. The standard InChI is InChI=1S/C26H43N10O3P/c1-18(2)36(19(3)4)40(37-12-10-11-27)38-14-22-21(30-16-33(6)7)13-23(39-22)35-17-31-24-25(28-15-29-26(24)35)32-20(5)34(8)9/h15-19,21-23H,10,12-14H2,1-9H3/t21-,22+,23+,40?/m0/s1. The van der Waals surface area contributed by atoms with Crippen molar-refractivity contribution in [2.75, 3.05) is 41.4 Å². The van der Waals surface area contributed by atoms with Gasteiger partial charge < -0.3 is 23.6 Å². The quantitative estimate of drug-likeness (QED) is 0.150. The van der Waals surface area contributed by atoms with Crippen molar-refractivity contribution in [3.8, 4) is 6.07 Å². The fourth-order valence-corrected chi connectivity index (χ4v) is 5.87. The first kappa shape index (κ1) is 31.8. The van der Waals surface area contributed by atoms with Crippen LogP contribution >= 0.6 is 8.53 Å². The lowest BCUT2D eigenvalue weighted by Gasteiger charge is -2.36. The Hall–Kier alpha value is -2.75. The third kappa shape index (κ3) is 8.15. The molecule has 0 aliphatic carbocycles. The summed E-state index contributed by atoms with van der Waals surface area (Å²) >= 11 is 0. The van der Waals surface area contributed by atoms with Gasteiger partial charge in [-0.2, -0.15) is 5.26 Å². The predicted octanol–water partition coefficient (Wildman–Crippen LogP) is 3.98. The topological polar surface area (TPSA) is 130 Å². The lowest BCUT2D eigenvalue weighted by molar-refractivity contribution is -0.0211. The molecule has 1 saturated heterocycles. The summed E-state index contributed by atoms with van der Waals surface area (Å²) in [6.07, 6.45) is 5.28. The molecule has 0 spiro atoms. The Morgan fingerprint density at radius 2 is 1.93 bits per heavy atom. The van der Waals surface area contributed by atoms with Crippen LogP contribution < -0.4 is 0 Å². The Kier molecular flexibility index (Phi) is 11.7. The molecule has 3 heterocycles. The average molecular weight is 575 g/mol. The molecular weight excluding hydrogens is 531 g/mol. The highest BCUT2D eigenvalue weighted by atomic mass is 31.2. The Morgan fingerprint density at radius 1 is 1.20 bits per heavy atom. The zero-order valence-corrected chi connectivity index (χ0v) is 26.0. The van der Waals surface area contributed by atoms with Crippen molar-refractivity contribution in [2.45, 2.75) is 77.9 Å². The number of aliphatic imine (C=N–C) groups is 2. The van der Waals surface area contributed by atoms with Gasteiger partial charge >= 0.3 is 0 Å². The van der Waals surface area contributed by atoms with Gasteiger partial charge in [0, 0.05) is 46.7 Å². The van der Waals surface area contributed by atoms with E-state index in [0.29, 0.717) is 43.0 Å². The Balaban J connectivity index is 1.86. The second-order valence-electron chi connectivity index (χ2n) is 10.6. The third-order valence-electron chi connectivity index (χ3n) is 6.27. The molecule has 13 nitrogen and oxygen atoms in total. The van der Waals surface area contributed by atoms with E-state index in [1.54, 1.807) is 12.7 Å². The van der Waals surface area contributed by atoms with E-state index < -0.39 is 8.53 Å². The summed E-state index contributed by atoms with van der Waals surface area (Å²) in [4.78, 5) is 26.7. The third-order valence-corrected chi connectivity index (χ3v) is 8.34. The maximum atomic E-state index is 9.01. The van der Waals surface area contributed by atoms with E-state index in [9.17, 15) is 0 Å². The van der Waals surface area contributed by atoms with E-state index >= 15 is 0 Å². The number of rotatable bonds is 13. The first-order valence-electron chi connectivity index (χ1n) is 13.5. The van der Waals surface area contributed by atoms with Crippen molar-refractivity contribution in [3.05, 3.63) is 12.7 Å². The molecule has 1 unspecified atom stereocenters. The number of nitrogens with zero attached hydrogens (tertiary/aromatic N) is 10. The molecule has 0 radical (unpaired) electrons.